The molecule has 0 saturated carbocycles. The minimum Gasteiger partial charge on any atom is -0.490 e. The van der Waals surface area contributed by atoms with E-state index >= 15 is 0 Å². The molecule has 0 amide bonds. The summed E-state index contributed by atoms with van der Waals surface area (Å²) in [6, 6.07) is 14.7. The van der Waals surface area contributed by atoms with Crippen LogP contribution < -0.4 is 10.1 Å². The average molecular weight is 366 g/mol. The SMILES string of the molecule is CC(C)(C)NCC(O)COc1ccccc1C(=O)c1cccc2[nH]ccc12. The number of ether oxygens (including phenoxy) is 1. The molecule has 1 heterocycles. The number of nitrogens with one attached hydrogen (secondary N) is 2. The van der Waals surface area contributed by atoms with E-state index in [0.717, 1.165) is 10.9 Å². The normalized spacial score (nSPS) is 12.9. The molecule has 0 saturated heterocycles. The number of hydrogen-bond acceptors (Lipinski definition) is 4. The number of H-pyrrole nitrogens is 1. The molecule has 0 aliphatic heterocycles. The number of carbonyl (C=O) groups excluding carboxylic acids is 1. The third kappa shape index (κ3) is 4.76. The van der Waals surface area contributed by atoms with E-state index in [0.29, 0.717) is 23.4 Å². The molecule has 0 spiro atoms. The summed E-state index contributed by atoms with van der Waals surface area (Å²) >= 11 is 0. The Kier molecular flexibility index (Phi) is 5.63. The van der Waals surface area contributed by atoms with Crippen LogP contribution in [0.3, 0.4) is 0 Å². The molecule has 1 unspecified atom stereocenters. The number of hydrogen-bond donors (Lipinski definition) is 3. The molecule has 0 radical (unpaired) electrons. The highest BCUT2D eigenvalue weighted by molar-refractivity contribution is 6.17. The molecule has 3 aromatic rings. The third-order valence-corrected chi connectivity index (χ3v) is 4.27. The number of β-amino-alcohol motifs (C(OH)–C–C–N with tert-alkyl or cyclic N) is 1. The molecule has 142 valence electrons. The molecule has 0 aliphatic carbocycles. The van der Waals surface area contributed by atoms with E-state index in [4.69, 9.17) is 4.74 Å². The van der Waals surface area contributed by atoms with Crippen LogP contribution >= 0.6 is 0 Å². The molecule has 0 fully saturated rings. The lowest BCUT2D eigenvalue weighted by Gasteiger charge is -2.23. The van der Waals surface area contributed by atoms with Crippen LogP contribution in [0, 0.1) is 0 Å². The number of aromatic nitrogens is 1. The zero-order valence-electron chi connectivity index (χ0n) is 16.0. The van der Waals surface area contributed by atoms with Gasteiger partial charge in [0, 0.05) is 34.7 Å². The van der Waals surface area contributed by atoms with Gasteiger partial charge in [-0.15, -0.1) is 0 Å². The number of carbonyl (C=O) groups is 1. The summed E-state index contributed by atoms with van der Waals surface area (Å²) in [5.74, 6) is 0.378. The number of aliphatic hydroxyl groups is 1. The number of benzene rings is 2. The van der Waals surface area contributed by atoms with E-state index in [-0.39, 0.29) is 17.9 Å². The second kappa shape index (κ2) is 7.94. The average Bonchev–Trinajstić information content (AvgIpc) is 3.12. The highest BCUT2D eigenvalue weighted by atomic mass is 16.5. The smallest absolute Gasteiger partial charge is 0.197 e. The second-order valence-corrected chi connectivity index (χ2v) is 7.67. The largest absolute Gasteiger partial charge is 0.490 e. The highest BCUT2D eigenvalue weighted by Gasteiger charge is 2.18. The molecule has 2 aromatic carbocycles. The van der Waals surface area contributed by atoms with E-state index in [1.165, 1.54) is 0 Å². The van der Waals surface area contributed by atoms with Crippen molar-refractivity contribution in [3.05, 3.63) is 65.9 Å². The molecule has 0 bridgehead atoms. The van der Waals surface area contributed by atoms with Gasteiger partial charge in [-0.3, -0.25) is 4.79 Å². The Morgan fingerprint density at radius 1 is 1.11 bits per heavy atom. The molecule has 1 aromatic heterocycles. The zero-order valence-corrected chi connectivity index (χ0v) is 16.0. The maximum atomic E-state index is 13.1. The number of ketones is 1. The first kappa shape index (κ1) is 19.1. The number of rotatable bonds is 7. The minimum absolute atomic E-state index is 0.0793. The molecular weight excluding hydrogens is 340 g/mol. The summed E-state index contributed by atoms with van der Waals surface area (Å²) in [5, 5.41) is 14.3. The molecule has 3 N–H and O–H groups in total. The Hall–Kier alpha value is -2.63. The predicted octanol–water partition coefficient (Wildman–Crippen LogP) is 3.53. The van der Waals surface area contributed by atoms with E-state index in [1.54, 1.807) is 12.1 Å². The van der Waals surface area contributed by atoms with Crippen molar-refractivity contribution in [3.63, 3.8) is 0 Å². The summed E-state index contributed by atoms with van der Waals surface area (Å²) in [4.78, 5) is 16.2. The molecule has 27 heavy (non-hydrogen) atoms. The van der Waals surface area contributed by atoms with Crippen molar-refractivity contribution in [3.8, 4) is 5.75 Å². The van der Waals surface area contributed by atoms with Crippen molar-refractivity contribution >= 4 is 16.7 Å². The monoisotopic (exact) mass is 366 g/mol. The molecule has 5 heteroatoms. The summed E-state index contributed by atoms with van der Waals surface area (Å²) in [6.07, 6.45) is 1.16. The van der Waals surface area contributed by atoms with E-state index in [9.17, 15) is 9.90 Å². The van der Waals surface area contributed by atoms with Gasteiger partial charge in [-0.25, -0.2) is 0 Å². The standard InChI is InChI=1S/C22H26N2O3/c1-22(2,3)24-13-15(25)14-27-20-10-5-4-7-18(20)21(26)17-8-6-9-19-16(17)11-12-23-19/h4-12,15,23-25H,13-14H2,1-3H3. The minimum atomic E-state index is -0.666. The van der Waals surface area contributed by atoms with Crippen LogP contribution in [0.25, 0.3) is 10.9 Å². The van der Waals surface area contributed by atoms with E-state index in [2.05, 4.69) is 10.3 Å². The fourth-order valence-corrected chi connectivity index (χ4v) is 2.88. The van der Waals surface area contributed by atoms with Crippen molar-refractivity contribution in [2.24, 2.45) is 0 Å². The Bertz CT molecular complexity index is 924. The molecule has 5 nitrogen and oxygen atoms in total. The van der Waals surface area contributed by atoms with Crippen LogP contribution in [0.5, 0.6) is 5.75 Å². The maximum Gasteiger partial charge on any atom is 0.197 e. The highest BCUT2D eigenvalue weighted by Crippen LogP contribution is 2.25. The first-order valence-corrected chi connectivity index (χ1v) is 9.11. The molecule has 1 atom stereocenters. The Balaban J connectivity index is 1.76. The summed E-state index contributed by atoms with van der Waals surface area (Å²) in [6.45, 7) is 6.65. The number of fused-ring (bicyclic) bond motifs is 1. The van der Waals surface area contributed by atoms with Gasteiger partial charge in [0.1, 0.15) is 18.5 Å². The first-order chi connectivity index (χ1) is 12.8. The van der Waals surface area contributed by atoms with Gasteiger partial charge >= 0.3 is 0 Å². The Morgan fingerprint density at radius 2 is 1.85 bits per heavy atom. The summed E-state index contributed by atoms with van der Waals surface area (Å²) < 4.78 is 5.78. The maximum absolute atomic E-state index is 13.1. The lowest BCUT2D eigenvalue weighted by molar-refractivity contribution is 0.0960. The van der Waals surface area contributed by atoms with Gasteiger partial charge < -0.3 is 20.1 Å². The van der Waals surface area contributed by atoms with Gasteiger partial charge in [0.25, 0.3) is 0 Å². The second-order valence-electron chi connectivity index (χ2n) is 7.67. The fourth-order valence-electron chi connectivity index (χ4n) is 2.88. The van der Waals surface area contributed by atoms with Gasteiger partial charge in [-0.1, -0.05) is 24.3 Å². The van der Waals surface area contributed by atoms with E-state index < -0.39 is 6.10 Å². The lowest BCUT2D eigenvalue weighted by Crippen LogP contribution is -2.42. The van der Waals surface area contributed by atoms with Crippen molar-refractivity contribution in [2.75, 3.05) is 13.2 Å². The number of aliphatic hydroxyl groups excluding tert-OH is 1. The Morgan fingerprint density at radius 3 is 2.63 bits per heavy atom. The van der Waals surface area contributed by atoms with Gasteiger partial charge in [-0.2, -0.15) is 0 Å². The van der Waals surface area contributed by atoms with Crippen molar-refractivity contribution in [1.82, 2.24) is 10.3 Å². The van der Waals surface area contributed by atoms with Crippen LogP contribution in [-0.4, -0.2) is 40.7 Å². The summed E-state index contributed by atoms with van der Waals surface area (Å²) in [5.41, 5.74) is 1.95. The summed E-state index contributed by atoms with van der Waals surface area (Å²) in [7, 11) is 0. The van der Waals surface area contributed by atoms with Gasteiger partial charge in [0.15, 0.2) is 5.78 Å². The fraction of sp³-hybridized carbons (Fsp3) is 0.318. The van der Waals surface area contributed by atoms with Crippen LogP contribution in [0.2, 0.25) is 0 Å². The molecule has 0 aliphatic rings. The van der Waals surface area contributed by atoms with Gasteiger partial charge in [0.05, 0.1) is 5.56 Å². The van der Waals surface area contributed by atoms with Crippen LogP contribution in [0.15, 0.2) is 54.7 Å². The number of para-hydroxylation sites is 1. The molecule has 3 rings (SSSR count). The Labute approximate surface area is 159 Å². The topological polar surface area (TPSA) is 74.3 Å². The van der Waals surface area contributed by atoms with Crippen molar-refractivity contribution in [1.29, 1.82) is 0 Å². The van der Waals surface area contributed by atoms with Crippen LogP contribution in [-0.2, 0) is 0 Å². The van der Waals surface area contributed by atoms with Crippen molar-refractivity contribution in [2.45, 2.75) is 32.4 Å². The number of aromatic amines is 1. The quantitative estimate of drug-likeness (QED) is 0.559. The van der Waals surface area contributed by atoms with Crippen molar-refractivity contribution < 1.29 is 14.6 Å². The molecular formula is C22H26N2O3. The predicted molar refractivity (Wildman–Crippen MR) is 107 cm³/mol. The van der Waals surface area contributed by atoms with Gasteiger partial charge in [0.2, 0.25) is 0 Å². The van der Waals surface area contributed by atoms with Crippen LogP contribution in [0.1, 0.15) is 36.7 Å². The first-order valence-electron chi connectivity index (χ1n) is 9.11. The zero-order chi connectivity index (χ0) is 19.4. The van der Waals surface area contributed by atoms with Crippen LogP contribution in [0.4, 0.5) is 0 Å². The van der Waals surface area contributed by atoms with E-state index in [1.807, 2.05) is 63.4 Å². The third-order valence-electron chi connectivity index (χ3n) is 4.27. The lowest BCUT2D eigenvalue weighted by atomic mass is 9.99. The van der Waals surface area contributed by atoms with Gasteiger partial charge in [-0.05, 0) is 45.0 Å².